The highest BCUT2D eigenvalue weighted by Crippen LogP contribution is 2.25. The van der Waals surface area contributed by atoms with Gasteiger partial charge in [0.15, 0.2) is 5.69 Å². The van der Waals surface area contributed by atoms with Gasteiger partial charge in [0, 0.05) is 19.3 Å². The van der Waals surface area contributed by atoms with Crippen LogP contribution in [0.1, 0.15) is 43.1 Å². The Morgan fingerprint density at radius 1 is 1.50 bits per heavy atom. The molecule has 0 bridgehead atoms. The van der Waals surface area contributed by atoms with Gasteiger partial charge in [-0.05, 0) is 37.3 Å². The van der Waals surface area contributed by atoms with Crippen LogP contribution in [0.15, 0.2) is 18.3 Å². The largest absolute Gasteiger partial charge is 0.476 e. The summed E-state index contributed by atoms with van der Waals surface area (Å²) in [7, 11) is 0. The predicted molar refractivity (Wildman–Crippen MR) is 71.0 cm³/mol. The second-order valence-electron chi connectivity index (χ2n) is 4.87. The van der Waals surface area contributed by atoms with Gasteiger partial charge >= 0.3 is 5.97 Å². The van der Waals surface area contributed by atoms with E-state index in [0.29, 0.717) is 0 Å². The van der Waals surface area contributed by atoms with Crippen molar-refractivity contribution in [2.75, 3.05) is 18.0 Å². The van der Waals surface area contributed by atoms with Gasteiger partial charge in [-0.1, -0.05) is 13.3 Å². The van der Waals surface area contributed by atoms with E-state index < -0.39 is 5.97 Å². The highest BCUT2D eigenvalue weighted by Gasteiger charge is 2.20. The minimum atomic E-state index is -0.943. The fourth-order valence-electron chi connectivity index (χ4n) is 2.63. The normalized spacial score (nSPS) is 20.5. The molecule has 1 aromatic rings. The summed E-state index contributed by atoms with van der Waals surface area (Å²) in [5.41, 5.74) is 0.939. The van der Waals surface area contributed by atoms with Crippen molar-refractivity contribution in [3.63, 3.8) is 0 Å². The van der Waals surface area contributed by atoms with Crippen LogP contribution in [0.3, 0.4) is 0 Å². The van der Waals surface area contributed by atoms with Crippen molar-refractivity contribution in [3.05, 3.63) is 24.0 Å². The molecule has 1 aliphatic heterocycles. The number of hydrogen-bond acceptors (Lipinski definition) is 3. The zero-order chi connectivity index (χ0) is 13.0. The first kappa shape index (κ1) is 12.9. The third-order valence-corrected chi connectivity index (χ3v) is 3.75. The SMILES string of the molecule is CCC1CCCN(c2cccnc2C(=O)O)CC1. The lowest BCUT2D eigenvalue weighted by atomic mass is 9.98. The summed E-state index contributed by atoms with van der Waals surface area (Å²) in [5, 5.41) is 9.18. The number of pyridine rings is 1. The molecule has 0 saturated carbocycles. The summed E-state index contributed by atoms with van der Waals surface area (Å²) in [6.45, 7) is 4.10. The zero-order valence-corrected chi connectivity index (χ0v) is 10.8. The summed E-state index contributed by atoms with van der Waals surface area (Å²) in [6.07, 6.45) is 6.28. The van der Waals surface area contributed by atoms with Gasteiger partial charge in [0.25, 0.3) is 0 Å². The second kappa shape index (κ2) is 5.85. The molecular formula is C14H20N2O2. The van der Waals surface area contributed by atoms with Crippen LogP contribution in [0.4, 0.5) is 5.69 Å². The Balaban J connectivity index is 2.18. The van der Waals surface area contributed by atoms with Crippen molar-refractivity contribution in [2.45, 2.75) is 32.6 Å². The van der Waals surface area contributed by atoms with Gasteiger partial charge in [-0.25, -0.2) is 9.78 Å². The molecule has 0 spiro atoms. The second-order valence-corrected chi connectivity index (χ2v) is 4.87. The van der Waals surface area contributed by atoms with E-state index in [1.54, 1.807) is 6.20 Å². The van der Waals surface area contributed by atoms with E-state index in [2.05, 4.69) is 16.8 Å². The Kier molecular flexibility index (Phi) is 4.18. The molecule has 0 amide bonds. The summed E-state index contributed by atoms with van der Waals surface area (Å²) in [6, 6.07) is 3.67. The first-order valence-corrected chi connectivity index (χ1v) is 6.65. The quantitative estimate of drug-likeness (QED) is 0.893. The lowest BCUT2D eigenvalue weighted by Gasteiger charge is -2.23. The van der Waals surface area contributed by atoms with Gasteiger partial charge in [-0.3, -0.25) is 0 Å². The average Bonchev–Trinajstić information content (AvgIpc) is 2.63. The molecule has 1 aromatic heterocycles. The fourth-order valence-corrected chi connectivity index (χ4v) is 2.63. The van der Waals surface area contributed by atoms with Crippen LogP contribution in [0, 0.1) is 5.92 Å². The molecule has 1 unspecified atom stereocenters. The molecule has 1 fully saturated rings. The maximum Gasteiger partial charge on any atom is 0.356 e. The molecule has 1 aliphatic rings. The van der Waals surface area contributed by atoms with Crippen LogP contribution in [-0.4, -0.2) is 29.1 Å². The van der Waals surface area contributed by atoms with Crippen molar-refractivity contribution < 1.29 is 9.90 Å². The van der Waals surface area contributed by atoms with Gasteiger partial charge in [0.1, 0.15) is 0 Å². The summed E-state index contributed by atoms with van der Waals surface area (Å²) >= 11 is 0. The van der Waals surface area contributed by atoms with Gasteiger partial charge in [0.2, 0.25) is 0 Å². The van der Waals surface area contributed by atoms with Crippen molar-refractivity contribution >= 4 is 11.7 Å². The Hall–Kier alpha value is -1.58. The number of hydrogen-bond donors (Lipinski definition) is 1. The van der Waals surface area contributed by atoms with E-state index in [-0.39, 0.29) is 5.69 Å². The lowest BCUT2D eigenvalue weighted by Crippen LogP contribution is -2.26. The number of carboxylic acid groups (broad SMARTS) is 1. The highest BCUT2D eigenvalue weighted by atomic mass is 16.4. The molecule has 18 heavy (non-hydrogen) atoms. The number of carbonyl (C=O) groups is 1. The van der Waals surface area contributed by atoms with E-state index in [1.807, 2.05) is 12.1 Å². The molecule has 1 saturated heterocycles. The van der Waals surface area contributed by atoms with Gasteiger partial charge < -0.3 is 10.0 Å². The fraction of sp³-hybridized carbons (Fsp3) is 0.571. The molecule has 98 valence electrons. The molecule has 0 aliphatic carbocycles. The van der Waals surface area contributed by atoms with Gasteiger partial charge in [-0.15, -0.1) is 0 Å². The van der Waals surface area contributed by atoms with Crippen molar-refractivity contribution in [3.8, 4) is 0 Å². The third-order valence-electron chi connectivity index (χ3n) is 3.75. The Bertz CT molecular complexity index is 420. The maximum atomic E-state index is 11.2. The van der Waals surface area contributed by atoms with Crippen LogP contribution in [0.2, 0.25) is 0 Å². The standard InChI is InChI=1S/C14H20N2O2/c1-2-11-5-4-9-16(10-7-11)12-6-3-8-15-13(12)14(17)18/h3,6,8,11H,2,4-5,7,9-10H2,1H3,(H,17,18). The summed E-state index contributed by atoms with van der Waals surface area (Å²) in [4.78, 5) is 17.3. The molecule has 1 N–H and O–H groups in total. The molecule has 2 rings (SSSR count). The number of nitrogens with zero attached hydrogens (tertiary/aromatic N) is 2. The van der Waals surface area contributed by atoms with Crippen molar-refractivity contribution in [1.82, 2.24) is 4.98 Å². The van der Waals surface area contributed by atoms with Crippen LogP contribution in [0.25, 0.3) is 0 Å². The van der Waals surface area contributed by atoms with E-state index in [9.17, 15) is 9.90 Å². The number of rotatable bonds is 3. The zero-order valence-electron chi connectivity index (χ0n) is 10.8. The van der Waals surface area contributed by atoms with E-state index in [4.69, 9.17) is 0 Å². The third kappa shape index (κ3) is 2.81. The molecule has 0 radical (unpaired) electrons. The predicted octanol–water partition coefficient (Wildman–Crippen LogP) is 2.80. The minimum absolute atomic E-state index is 0.174. The van der Waals surface area contributed by atoms with Gasteiger partial charge in [-0.2, -0.15) is 0 Å². The number of carboxylic acids is 1. The number of aromatic nitrogens is 1. The summed E-state index contributed by atoms with van der Waals surface area (Å²) < 4.78 is 0. The molecule has 4 heteroatoms. The Morgan fingerprint density at radius 2 is 2.33 bits per heavy atom. The van der Waals surface area contributed by atoms with E-state index in [1.165, 1.54) is 12.8 Å². The van der Waals surface area contributed by atoms with Crippen LogP contribution in [0.5, 0.6) is 0 Å². The van der Waals surface area contributed by atoms with Crippen LogP contribution < -0.4 is 4.90 Å². The molecular weight excluding hydrogens is 228 g/mol. The maximum absolute atomic E-state index is 11.2. The summed E-state index contributed by atoms with van der Waals surface area (Å²) in [5.74, 6) is -0.165. The monoisotopic (exact) mass is 248 g/mol. The number of anilines is 1. The minimum Gasteiger partial charge on any atom is -0.476 e. The smallest absolute Gasteiger partial charge is 0.356 e. The first-order valence-electron chi connectivity index (χ1n) is 6.65. The molecule has 1 atom stereocenters. The van der Waals surface area contributed by atoms with E-state index in [0.717, 1.165) is 37.5 Å². The molecule has 4 nitrogen and oxygen atoms in total. The van der Waals surface area contributed by atoms with Crippen LogP contribution >= 0.6 is 0 Å². The van der Waals surface area contributed by atoms with E-state index >= 15 is 0 Å². The highest BCUT2D eigenvalue weighted by molar-refractivity contribution is 5.92. The first-order chi connectivity index (χ1) is 8.72. The number of aromatic carboxylic acids is 1. The van der Waals surface area contributed by atoms with Crippen molar-refractivity contribution in [1.29, 1.82) is 0 Å². The van der Waals surface area contributed by atoms with Crippen LogP contribution in [-0.2, 0) is 0 Å². The Morgan fingerprint density at radius 3 is 3.06 bits per heavy atom. The van der Waals surface area contributed by atoms with Gasteiger partial charge in [0.05, 0.1) is 5.69 Å². The average molecular weight is 248 g/mol. The lowest BCUT2D eigenvalue weighted by molar-refractivity contribution is 0.0691. The molecule has 2 heterocycles. The van der Waals surface area contributed by atoms with Crippen molar-refractivity contribution in [2.24, 2.45) is 5.92 Å². The molecule has 0 aromatic carbocycles. The topological polar surface area (TPSA) is 53.4 Å². The Labute approximate surface area is 108 Å².